The number of nitrogens with one attached hydrogen (secondary N) is 2. The van der Waals surface area contributed by atoms with Gasteiger partial charge < -0.3 is 20.3 Å². The van der Waals surface area contributed by atoms with E-state index < -0.39 is 12.8 Å². The van der Waals surface area contributed by atoms with Crippen LogP contribution in [0.15, 0.2) is 24.3 Å². The molecular formula is C16H20F3N5O. The van der Waals surface area contributed by atoms with Crippen molar-refractivity contribution in [2.45, 2.75) is 31.0 Å². The second-order valence-electron chi connectivity index (χ2n) is 6.92. The second kappa shape index (κ2) is 6.05. The molecule has 3 saturated heterocycles. The summed E-state index contributed by atoms with van der Waals surface area (Å²) in [6, 6.07) is 1.37. The van der Waals surface area contributed by atoms with Gasteiger partial charge in [-0.2, -0.15) is 13.2 Å². The molecular weight excluding hydrogens is 335 g/mol. The average Bonchev–Trinajstić information content (AvgIpc) is 2.96. The van der Waals surface area contributed by atoms with Crippen molar-refractivity contribution >= 4 is 5.82 Å². The van der Waals surface area contributed by atoms with Gasteiger partial charge in [0.1, 0.15) is 18.0 Å². The van der Waals surface area contributed by atoms with E-state index in [2.05, 4.69) is 36.3 Å². The number of hydrogen-bond acceptors (Lipinski definition) is 6. The fourth-order valence-electron chi connectivity index (χ4n) is 4.06. The summed E-state index contributed by atoms with van der Waals surface area (Å²) in [6.45, 7) is 2.00. The molecule has 6 nitrogen and oxygen atoms in total. The Morgan fingerprint density at radius 3 is 2.80 bits per heavy atom. The summed E-state index contributed by atoms with van der Waals surface area (Å²) in [5, 5.41) is 6.72. The highest BCUT2D eigenvalue weighted by Gasteiger charge is 2.48. The molecule has 0 amide bonds. The van der Waals surface area contributed by atoms with Crippen molar-refractivity contribution in [2.24, 2.45) is 5.92 Å². The second-order valence-corrected chi connectivity index (χ2v) is 6.92. The van der Waals surface area contributed by atoms with Crippen LogP contribution in [-0.2, 0) is 0 Å². The van der Waals surface area contributed by atoms with E-state index >= 15 is 0 Å². The lowest BCUT2D eigenvalue weighted by Crippen LogP contribution is -2.64. The predicted octanol–water partition coefficient (Wildman–Crippen LogP) is 2.13. The first-order valence-electron chi connectivity index (χ1n) is 8.41. The number of alkyl halides is 3. The molecule has 0 saturated carbocycles. The van der Waals surface area contributed by atoms with Crippen molar-refractivity contribution in [3.05, 3.63) is 24.3 Å². The lowest BCUT2D eigenvalue weighted by atomic mass is 9.72. The van der Waals surface area contributed by atoms with E-state index in [4.69, 9.17) is 0 Å². The van der Waals surface area contributed by atoms with Crippen LogP contribution in [0.3, 0.4) is 0 Å². The molecule has 5 rings (SSSR count). The third-order valence-electron chi connectivity index (χ3n) is 5.22. The number of rotatable bonds is 4. The minimum Gasteiger partial charge on any atom is -0.468 e. The van der Waals surface area contributed by atoms with Gasteiger partial charge in [-0.15, -0.1) is 0 Å². The standard InChI is InChI=1S/C16H20F3N5O/c17-16(18,19)9-25-14-7-13(20-10-21-14)22-12-1-4-15(23-12)8-24-5-2-11(15)3-6-24/h1,7,10-11,23H,2-6,8-9H2,(H,20,21,22)/t15-/m0/s1. The van der Waals surface area contributed by atoms with Crippen LogP contribution in [0, 0.1) is 5.92 Å². The van der Waals surface area contributed by atoms with Crippen LogP contribution in [0.1, 0.15) is 19.3 Å². The molecule has 0 aliphatic carbocycles. The number of ether oxygens (including phenoxy) is 1. The summed E-state index contributed by atoms with van der Waals surface area (Å²) in [5.74, 6) is 1.80. The van der Waals surface area contributed by atoms with Gasteiger partial charge >= 0.3 is 6.18 Å². The van der Waals surface area contributed by atoms with Gasteiger partial charge in [-0.05, 0) is 44.3 Å². The number of hydrogen-bond donors (Lipinski definition) is 2. The van der Waals surface area contributed by atoms with Crippen LogP contribution in [-0.4, -0.2) is 52.8 Å². The minimum atomic E-state index is -4.39. The van der Waals surface area contributed by atoms with Crippen molar-refractivity contribution in [3.8, 4) is 5.88 Å². The summed E-state index contributed by atoms with van der Waals surface area (Å²) < 4.78 is 41.4. The van der Waals surface area contributed by atoms with Crippen LogP contribution in [0.2, 0.25) is 0 Å². The van der Waals surface area contributed by atoms with Gasteiger partial charge in [0.15, 0.2) is 6.61 Å². The van der Waals surface area contributed by atoms with Crippen LogP contribution in [0.4, 0.5) is 19.0 Å². The molecule has 1 spiro atoms. The van der Waals surface area contributed by atoms with Gasteiger partial charge in [0.05, 0.1) is 5.54 Å². The zero-order valence-corrected chi connectivity index (χ0v) is 13.6. The number of nitrogens with zero attached hydrogens (tertiary/aromatic N) is 3. The van der Waals surface area contributed by atoms with Crippen molar-refractivity contribution in [3.63, 3.8) is 0 Å². The number of piperidine rings is 3. The highest BCUT2D eigenvalue weighted by Crippen LogP contribution is 2.41. The zero-order valence-electron chi connectivity index (χ0n) is 13.6. The van der Waals surface area contributed by atoms with Gasteiger partial charge in [-0.25, -0.2) is 9.97 Å². The van der Waals surface area contributed by atoms with Gasteiger partial charge in [0, 0.05) is 12.6 Å². The largest absolute Gasteiger partial charge is 0.468 e. The highest BCUT2D eigenvalue weighted by atomic mass is 19.4. The monoisotopic (exact) mass is 355 g/mol. The Labute approximate surface area is 143 Å². The molecule has 136 valence electrons. The number of halogens is 3. The smallest absolute Gasteiger partial charge is 0.422 e. The molecule has 1 aromatic heterocycles. The molecule has 4 aliphatic rings. The summed E-state index contributed by atoms with van der Waals surface area (Å²) in [4.78, 5) is 10.2. The maximum Gasteiger partial charge on any atom is 0.422 e. The lowest BCUT2D eigenvalue weighted by molar-refractivity contribution is -0.154. The predicted molar refractivity (Wildman–Crippen MR) is 84.9 cm³/mol. The highest BCUT2D eigenvalue weighted by molar-refractivity contribution is 5.44. The van der Waals surface area contributed by atoms with E-state index in [1.165, 1.54) is 38.3 Å². The van der Waals surface area contributed by atoms with E-state index in [9.17, 15) is 13.2 Å². The van der Waals surface area contributed by atoms with Gasteiger partial charge in [0.2, 0.25) is 5.88 Å². The first-order valence-corrected chi connectivity index (χ1v) is 8.41. The Morgan fingerprint density at radius 2 is 2.12 bits per heavy atom. The summed E-state index contributed by atoms with van der Waals surface area (Å²) >= 11 is 0. The molecule has 5 heterocycles. The molecule has 0 unspecified atom stereocenters. The molecule has 9 heteroatoms. The van der Waals surface area contributed by atoms with E-state index in [0.717, 1.165) is 18.8 Å². The summed E-state index contributed by atoms with van der Waals surface area (Å²) in [6.07, 6.45) is 2.25. The Kier molecular flexibility index (Phi) is 3.98. The lowest BCUT2D eigenvalue weighted by Gasteiger charge is -2.52. The maximum absolute atomic E-state index is 12.2. The molecule has 0 aromatic carbocycles. The number of anilines is 1. The normalized spacial score (nSPS) is 30.9. The molecule has 25 heavy (non-hydrogen) atoms. The number of aromatic nitrogens is 2. The minimum absolute atomic E-state index is 0.0709. The molecule has 0 radical (unpaired) electrons. The molecule has 1 atom stereocenters. The molecule has 1 aromatic rings. The van der Waals surface area contributed by atoms with Crippen molar-refractivity contribution in [1.82, 2.24) is 20.2 Å². The van der Waals surface area contributed by atoms with E-state index in [1.54, 1.807) is 0 Å². The SMILES string of the molecule is FC(F)(F)COc1cc(NC2=CC[C@@]3(CN4CCC3CC4)N2)ncn1. The van der Waals surface area contributed by atoms with Gasteiger partial charge in [0.25, 0.3) is 0 Å². The van der Waals surface area contributed by atoms with Crippen molar-refractivity contribution in [1.29, 1.82) is 0 Å². The van der Waals surface area contributed by atoms with Crippen molar-refractivity contribution < 1.29 is 17.9 Å². The van der Waals surface area contributed by atoms with E-state index in [0.29, 0.717) is 11.7 Å². The van der Waals surface area contributed by atoms with E-state index in [1.807, 2.05) is 0 Å². The fraction of sp³-hybridized carbons (Fsp3) is 0.625. The summed E-state index contributed by atoms with van der Waals surface area (Å²) in [5.41, 5.74) is 0.0709. The van der Waals surface area contributed by atoms with Gasteiger partial charge in [-0.3, -0.25) is 0 Å². The zero-order chi connectivity index (χ0) is 17.5. The van der Waals surface area contributed by atoms with Crippen LogP contribution < -0.4 is 15.4 Å². The quantitative estimate of drug-likeness (QED) is 0.863. The molecule has 2 bridgehead atoms. The third kappa shape index (κ3) is 3.51. The number of fused-ring (bicyclic) bond motifs is 2. The van der Waals surface area contributed by atoms with E-state index in [-0.39, 0.29) is 11.4 Å². The molecule has 2 N–H and O–H groups in total. The van der Waals surface area contributed by atoms with Crippen LogP contribution >= 0.6 is 0 Å². The Balaban J connectivity index is 1.38. The maximum atomic E-state index is 12.2. The van der Waals surface area contributed by atoms with Gasteiger partial charge in [-0.1, -0.05) is 0 Å². The molecule has 4 aliphatic heterocycles. The van der Waals surface area contributed by atoms with Crippen LogP contribution in [0.5, 0.6) is 5.88 Å². The molecule has 3 fully saturated rings. The van der Waals surface area contributed by atoms with Crippen LogP contribution in [0.25, 0.3) is 0 Å². The Morgan fingerprint density at radius 1 is 1.32 bits per heavy atom. The topological polar surface area (TPSA) is 62.3 Å². The van der Waals surface area contributed by atoms with Crippen molar-refractivity contribution in [2.75, 3.05) is 31.6 Å². The first-order chi connectivity index (χ1) is 11.9. The Hall–Kier alpha value is -2.03. The summed E-state index contributed by atoms with van der Waals surface area (Å²) in [7, 11) is 0. The average molecular weight is 355 g/mol. The third-order valence-corrected chi connectivity index (χ3v) is 5.22. The first kappa shape index (κ1) is 16.4. The fourth-order valence-corrected chi connectivity index (χ4v) is 4.06. The Bertz CT molecular complexity index is 672.